The quantitative estimate of drug-likeness (QED) is 0.555. The summed E-state index contributed by atoms with van der Waals surface area (Å²) in [5, 5.41) is 8.48. The van der Waals surface area contributed by atoms with Crippen molar-refractivity contribution in [3.05, 3.63) is 0 Å². The van der Waals surface area contributed by atoms with Crippen LogP contribution in [-0.4, -0.2) is 30.5 Å². The summed E-state index contributed by atoms with van der Waals surface area (Å²) < 4.78 is 5.08. The standard InChI is InChI=1S/C6H15NO2/c1-5(7)4-9-6(2)3-8/h5-6,8H,3-4,7H2,1-2H3. The minimum atomic E-state index is -0.0870. The molecule has 0 saturated heterocycles. The highest BCUT2D eigenvalue weighted by Crippen LogP contribution is 1.88. The Bertz CT molecular complexity index is 66.1. The van der Waals surface area contributed by atoms with E-state index in [1.807, 2.05) is 13.8 Å². The molecule has 3 heteroatoms. The zero-order valence-electron chi connectivity index (χ0n) is 6.00. The third-order valence-corrected chi connectivity index (χ3v) is 0.901. The molecule has 56 valence electrons. The van der Waals surface area contributed by atoms with Crippen LogP contribution in [0, 0.1) is 0 Å². The van der Waals surface area contributed by atoms with Crippen molar-refractivity contribution in [2.24, 2.45) is 5.73 Å². The van der Waals surface area contributed by atoms with Crippen molar-refractivity contribution in [3.8, 4) is 0 Å². The first kappa shape index (κ1) is 8.88. The predicted octanol–water partition coefficient (Wildman–Crippen LogP) is -0.269. The first-order chi connectivity index (χ1) is 4.16. The Balaban J connectivity index is 3.06. The molecule has 0 bridgehead atoms. The first-order valence-electron chi connectivity index (χ1n) is 3.15. The minimum absolute atomic E-state index is 0.0546. The van der Waals surface area contributed by atoms with E-state index in [9.17, 15) is 0 Å². The molecule has 0 aliphatic heterocycles. The second kappa shape index (κ2) is 4.73. The fourth-order valence-electron chi connectivity index (χ4n) is 0.369. The van der Waals surface area contributed by atoms with Gasteiger partial charge in [-0.3, -0.25) is 0 Å². The Morgan fingerprint density at radius 1 is 1.56 bits per heavy atom. The molecule has 0 aromatic rings. The van der Waals surface area contributed by atoms with Crippen molar-refractivity contribution in [2.75, 3.05) is 13.2 Å². The zero-order valence-corrected chi connectivity index (χ0v) is 6.00. The molecule has 0 aliphatic carbocycles. The lowest BCUT2D eigenvalue weighted by Crippen LogP contribution is -2.26. The number of aliphatic hydroxyl groups is 1. The maximum absolute atomic E-state index is 8.48. The van der Waals surface area contributed by atoms with Crippen molar-refractivity contribution in [1.82, 2.24) is 0 Å². The molecule has 0 aromatic heterocycles. The van der Waals surface area contributed by atoms with Gasteiger partial charge in [-0.1, -0.05) is 0 Å². The molecular formula is C6H15NO2. The van der Waals surface area contributed by atoms with Crippen LogP contribution in [0.1, 0.15) is 13.8 Å². The molecule has 2 atom stereocenters. The second-order valence-electron chi connectivity index (χ2n) is 2.30. The molecule has 0 saturated carbocycles. The molecule has 0 rings (SSSR count). The normalized spacial score (nSPS) is 17.3. The highest BCUT2D eigenvalue weighted by Gasteiger charge is 1.99. The van der Waals surface area contributed by atoms with Crippen molar-refractivity contribution < 1.29 is 9.84 Å². The number of rotatable bonds is 4. The lowest BCUT2D eigenvalue weighted by atomic mass is 10.4. The Morgan fingerprint density at radius 2 is 2.11 bits per heavy atom. The van der Waals surface area contributed by atoms with Gasteiger partial charge in [0, 0.05) is 6.04 Å². The minimum Gasteiger partial charge on any atom is -0.394 e. The van der Waals surface area contributed by atoms with Gasteiger partial charge in [0.1, 0.15) is 0 Å². The van der Waals surface area contributed by atoms with Crippen LogP contribution in [0.2, 0.25) is 0 Å². The van der Waals surface area contributed by atoms with Gasteiger partial charge in [0.25, 0.3) is 0 Å². The van der Waals surface area contributed by atoms with E-state index in [2.05, 4.69) is 0 Å². The van der Waals surface area contributed by atoms with E-state index in [1.54, 1.807) is 0 Å². The Labute approximate surface area is 55.8 Å². The van der Waals surface area contributed by atoms with Crippen molar-refractivity contribution in [2.45, 2.75) is 26.0 Å². The van der Waals surface area contributed by atoms with Gasteiger partial charge in [0.2, 0.25) is 0 Å². The van der Waals surface area contributed by atoms with Crippen LogP contribution < -0.4 is 5.73 Å². The van der Waals surface area contributed by atoms with Gasteiger partial charge in [-0.15, -0.1) is 0 Å². The average Bonchev–Trinajstić information content (AvgIpc) is 1.83. The van der Waals surface area contributed by atoms with Gasteiger partial charge in [0.15, 0.2) is 0 Å². The van der Waals surface area contributed by atoms with Gasteiger partial charge < -0.3 is 15.6 Å². The van der Waals surface area contributed by atoms with E-state index in [1.165, 1.54) is 0 Å². The Kier molecular flexibility index (Phi) is 4.67. The summed E-state index contributed by atoms with van der Waals surface area (Å²) in [6.45, 7) is 4.25. The van der Waals surface area contributed by atoms with Gasteiger partial charge >= 0.3 is 0 Å². The van der Waals surface area contributed by atoms with Crippen LogP contribution in [0.5, 0.6) is 0 Å². The number of hydrogen-bond donors (Lipinski definition) is 2. The summed E-state index contributed by atoms with van der Waals surface area (Å²) in [5.41, 5.74) is 5.39. The SMILES string of the molecule is CC(N)COC(C)CO. The predicted molar refractivity (Wildman–Crippen MR) is 36.1 cm³/mol. The van der Waals surface area contributed by atoms with Crippen molar-refractivity contribution >= 4 is 0 Å². The molecule has 0 aliphatic rings. The molecule has 3 N–H and O–H groups in total. The molecule has 2 unspecified atom stereocenters. The van der Waals surface area contributed by atoms with Crippen molar-refractivity contribution in [1.29, 1.82) is 0 Å². The van der Waals surface area contributed by atoms with Crippen molar-refractivity contribution in [3.63, 3.8) is 0 Å². The maximum atomic E-state index is 8.48. The molecule has 3 nitrogen and oxygen atoms in total. The van der Waals surface area contributed by atoms with Gasteiger partial charge in [0.05, 0.1) is 19.3 Å². The number of ether oxygens (including phenoxy) is 1. The monoisotopic (exact) mass is 133 g/mol. The van der Waals surface area contributed by atoms with Crippen LogP contribution in [0.25, 0.3) is 0 Å². The van der Waals surface area contributed by atoms with Gasteiger partial charge in [-0.2, -0.15) is 0 Å². The molecule has 0 aromatic carbocycles. The highest BCUT2D eigenvalue weighted by molar-refractivity contribution is 4.51. The first-order valence-corrected chi connectivity index (χ1v) is 3.15. The number of nitrogens with two attached hydrogens (primary N) is 1. The van der Waals surface area contributed by atoms with Crippen LogP contribution in [0.3, 0.4) is 0 Å². The number of hydrogen-bond acceptors (Lipinski definition) is 3. The molecule has 0 heterocycles. The Morgan fingerprint density at radius 3 is 2.44 bits per heavy atom. The van der Waals surface area contributed by atoms with Crippen LogP contribution in [0.15, 0.2) is 0 Å². The fourth-order valence-corrected chi connectivity index (χ4v) is 0.369. The zero-order chi connectivity index (χ0) is 7.28. The molecule has 0 spiro atoms. The summed E-state index contributed by atoms with van der Waals surface area (Å²) in [6, 6.07) is 0.0546. The van der Waals surface area contributed by atoms with Gasteiger partial charge in [-0.25, -0.2) is 0 Å². The lowest BCUT2D eigenvalue weighted by molar-refractivity contribution is 0.0201. The van der Waals surface area contributed by atoms with Crippen LogP contribution >= 0.6 is 0 Å². The third kappa shape index (κ3) is 5.76. The summed E-state index contributed by atoms with van der Waals surface area (Å²) >= 11 is 0. The van der Waals surface area contributed by atoms with E-state index in [-0.39, 0.29) is 18.8 Å². The molecular weight excluding hydrogens is 118 g/mol. The third-order valence-electron chi connectivity index (χ3n) is 0.901. The second-order valence-corrected chi connectivity index (χ2v) is 2.30. The van der Waals surface area contributed by atoms with E-state index < -0.39 is 0 Å². The largest absolute Gasteiger partial charge is 0.394 e. The summed E-state index contributed by atoms with van der Waals surface area (Å²) in [5.74, 6) is 0. The maximum Gasteiger partial charge on any atom is 0.0778 e. The molecule has 0 amide bonds. The van der Waals surface area contributed by atoms with Crippen LogP contribution in [-0.2, 0) is 4.74 Å². The molecule has 0 radical (unpaired) electrons. The van der Waals surface area contributed by atoms with Gasteiger partial charge in [-0.05, 0) is 13.8 Å². The topological polar surface area (TPSA) is 55.5 Å². The fraction of sp³-hybridized carbons (Fsp3) is 1.00. The smallest absolute Gasteiger partial charge is 0.0778 e. The van der Waals surface area contributed by atoms with E-state index in [0.29, 0.717) is 6.61 Å². The Hall–Kier alpha value is -0.120. The summed E-state index contributed by atoms with van der Waals surface area (Å²) in [7, 11) is 0. The summed E-state index contributed by atoms with van der Waals surface area (Å²) in [4.78, 5) is 0. The van der Waals surface area contributed by atoms with E-state index >= 15 is 0 Å². The summed E-state index contributed by atoms with van der Waals surface area (Å²) in [6.07, 6.45) is -0.0870. The van der Waals surface area contributed by atoms with E-state index in [0.717, 1.165) is 0 Å². The molecule has 0 fully saturated rings. The molecule has 9 heavy (non-hydrogen) atoms. The number of aliphatic hydroxyl groups excluding tert-OH is 1. The van der Waals surface area contributed by atoms with E-state index in [4.69, 9.17) is 15.6 Å². The lowest BCUT2D eigenvalue weighted by Gasteiger charge is -2.11. The van der Waals surface area contributed by atoms with Crippen LogP contribution in [0.4, 0.5) is 0 Å². The highest BCUT2D eigenvalue weighted by atomic mass is 16.5. The average molecular weight is 133 g/mol.